The van der Waals surface area contributed by atoms with Gasteiger partial charge >= 0.3 is 0 Å². The molecular formula is C16H32O3. The molecule has 114 valence electrons. The molecule has 0 amide bonds. The molecular weight excluding hydrogens is 240 g/mol. The van der Waals surface area contributed by atoms with Gasteiger partial charge in [-0.1, -0.05) is 26.7 Å². The summed E-state index contributed by atoms with van der Waals surface area (Å²) in [5.41, 5.74) is 0. The topological polar surface area (TPSA) is 38.7 Å². The Morgan fingerprint density at radius 1 is 1.11 bits per heavy atom. The van der Waals surface area contributed by atoms with Crippen molar-refractivity contribution in [1.82, 2.24) is 0 Å². The molecule has 0 bridgehead atoms. The van der Waals surface area contributed by atoms with E-state index >= 15 is 0 Å². The number of hydrogen-bond donors (Lipinski definition) is 1. The minimum Gasteiger partial charge on any atom is -0.393 e. The van der Waals surface area contributed by atoms with E-state index in [1.807, 2.05) is 6.92 Å². The van der Waals surface area contributed by atoms with E-state index in [-0.39, 0.29) is 18.0 Å². The SMILES string of the molecule is CCCC(C)OC1(OCCC(O)CC)CCCCC1. The summed E-state index contributed by atoms with van der Waals surface area (Å²) in [4.78, 5) is 0. The van der Waals surface area contributed by atoms with E-state index in [2.05, 4.69) is 13.8 Å². The molecule has 0 aromatic rings. The van der Waals surface area contributed by atoms with Gasteiger partial charge in [0.15, 0.2) is 5.79 Å². The third-order valence-corrected chi connectivity index (χ3v) is 4.01. The van der Waals surface area contributed by atoms with Gasteiger partial charge in [-0.3, -0.25) is 0 Å². The Labute approximate surface area is 118 Å². The van der Waals surface area contributed by atoms with Crippen molar-refractivity contribution < 1.29 is 14.6 Å². The monoisotopic (exact) mass is 272 g/mol. The third-order valence-electron chi connectivity index (χ3n) is 4.01. The van der Waals surface area contributed by atoms with E-state index < -0.39 is 0 Å². The predicted octanol–water partition coefficient (Wildman–Crippen LogP) is 4.03. The summed E-state index contributed by atoms with van der Waals surface area (Å²) >= 11 is 0. The molecule has 0 aromatic heterocycles. The summed E-state index contributed by atoms with van der Waals surface area (Å²) in [5, 5.41) is 9.62. The van der Waals surface area contributed by atoms with E-state index in [9.17, 15) is 5.11 Å². The Morgan fingerprint density at radius 3 is 2.37 bits per heavy atom. The van der Waals surface area contributed by atoms with Gasteiger partial charge < -0.3 is 14.6 Å². The highest BCUT2D eigenvalue weighted by Gasteiger charge is 2.35. The average Bonchev–Trinajstić information content (AvgIpc) is 2.39. The molecule has 0 spiro atoms. The van der Waals surface area contributed by atoms with Gasteiger partial charge in [0, 0.05) is 12.8 Å². The molecule has 1 aliphatic rings. The standard InChI is InChI=1S/C16H32O3/c1-4-9-14(3)19-16(11-7-6-8-12-16)18-13-10-15(17)5-2/h14-15,17H,4-13H2,1-3H3. The van der Waals surface area contributed by atoms with Crippen molar-refractivity contribution in [3.05, 3.63) is 0 Å². The van der Waals surface area contributed by atoms with Crippen molar-refractivity contribution in [2.75, 3.05) is 6.61 Å². The maximum atomic E-state index is 9.62. The van der Waals surface area contributed by atoms with Crippen LogP contribution in [-0.2, 0) is 9.47 Å². The van der Waals surface area contributed by atoms with Crippen molar-refractivity contribution in [3.63, 3.8) is 0 Å². The fourth-order valence-electron chi connectivity index (χ4n) is 2.80. The fraction of sp³-hybridized carbons (Fsp3) is 1.00. The van der Waals surface area contributed by atoms with Crippen molar-refractivity contribution in [3.8, 4) is 0 Å². The predicted molar refractivity (Wildman–Crippen MR) is 78.1 cm³/mol. The van der Waals surface area contributed by atoms with Crippen molar-refractivity contribution >= 4 is 0 Å². The second-order valence-electron chi connectivity index (χ2n) is 5.89. The van der Waals surface area contributed by atoms with Crippen LogP contribution < -0.4 is 0 Å². The number of hydrogen-bond acceptors (Lipinski definition) is 3. The maximum absolute atomic E-state index is 9.62. The molecule has 0 radical (unpaired) electrons. The fourth-order valence-corrected chi connectivity index (χ4v) is 2.80. The van der Waals surface area contributed by atoms with Crippen LogP contribution in [0.3, 0.4) is 0 Å². The Balaban J connectivity index is 2.45. The first-order chi connectivity index (χ1) is 9.12. The van der Waals surface area contributed by atoms with Gasteiger partial charge in [0.2, 0.25) is 0 Å². The number of rotatable bonds is 9. The molecule has 0 heterocycles. The first kappa shape index (κ1) is 16.9. The van der Waals surface area contributed by atoms with Crippen LogP contribution >= 0.6 is 0 Å². The zero-order valence-electron chi connectivity index (χ0n) is 13.0. The van der Waals surface area contributed by atoms with Gasteiger partial charge in [0.05, 0.1) is 18.8 Å². The van der Waals surface area contributed by atoms with E-state index in [0.29, 0.717) is 13.0 Å². The molecule has 2 unspecified atom stereocenters. The lowest BCUT2D eigenvalue weighted by molar-refractivity contribution is -0.272. The van der Waals surface area contributed by atoms with Crippen LogP contribution in [0.15, 0.2) is 0 Å². The molecule has 1 rings (SSSR count). The molecule has 1 aliphatic carbocycles. The first-order valence-corrected chi connectivity index (χ1v) is 8.11. The van der Waals surface area contributed by atoms with Crippen LogP contribution in [-0.4, -0.2) is 29.7 Å². The molecule has 1 saturated carbocycles. The molecule has 0 aromatic carbocycles. The van der Waals surface area contributed by atoms with Crippen molar-refractivity contribution in [1.29, 1.82) is 0 Å². The summed E-state index contributed by atoms with van der Waals surface area (Å²) < 4.78 is 12.3. The van der Waals surface area contributed by atoms with E-state index in [1.54, 1.807) is 0 Å². The molecule has 1 fully saturated rings. The summed E-state index contributed by atoms with van der Waals surface area (Å²) in [7, 11) is 0. The van der Waals surface area contributed by atoms with Gasteiger partial charge in [0.1, 0.15) is 0 Å². The van der Waals surface area contributed by atoms with E-state index in [0.717, 1.165) is 32.1 Å². The zero-order chi connectivity index (χ0) is 14.1. The lowest BCUT2D eigenvalue weighted by Crippen LogP contribution is -2.41. The van der Waals surface area contributed by atoms with E-state index in [1.165, 1.54) is 19.3 Å². The Kier molecular flexibility index (Phi) is 7.96. The molecule has 3 heteroatoms. The number of aliphatic hydroxyl groups is 1. The minimum atomic E-state index is -0.375. The zero-order valence-corrected chi connectivity index (χ0v) is 13.0. The summed E-state index contributed by atoms with van der Waals surface area (Å²) in [6.45, 7) is 6.94. The highest BCUT2D eigenvalue weighted by atomic mass is 16.7. The highest BCUT2D eigenvalue weighted by molar-refractivity contribution is 4.77. The maximum Gasteiger partial charge on any atom is 0.168 e. The Hall–Kier alpha value is -0.120. The highest BCUT2D eigenvalue weighted by Crippen LogP contribution is 2.34. The lowest BCUT2D eigenvalue weighted by atomic mass is 9.93. The average molecular weight is 272 g/mol. The first-order valence-electron chi connectivity index (χ1n) is 8.11. The van der Waals surface area contributed by atoms with Crippen LogP contribution in [0, 0.1) is 0 Å². The van der Waals surface area contributed by atoms with Gasteiger partial charge in [-0.15, -0.1) is 0 Å². The lowest BCUT2D eigenvalue weighted by Gasteiger charge is -2.39. The van der Waals surface area contributed by atoms with Crippen LogP contribution in [0.2, 0.25) is 0 Å². The second kappa shape index (κ2) is 8.93. The molecule has 0 saturated heterocycles. The van der Waals surface area contributed by atoms with Gasteiger partial charge in [0.25, 0.3) is 0 Å². The number of ether oxygens (including phenoxy) is 2. The quantitative estimate of drug-likeness (QED) is 0.644. The summed E-state index contributed by atoms with van der Waals surface area (Å²) in [6, 6.07) is 0. The minimum absolute atomic E-state index is 0.242. The van der Waals surface area contributed by atoms with Crippen LogP contribution in [0.25, 0.3) is 0 Å². The molecule has 2 atom stereocenters. The largest absolute Gasteiger partial charge is 0.393 e. The van der Waals surface area contributed by atoms with Crippen molar-refractivity contribution in [2.24, 2.45) is 0 Å². The summed E-state index contributed by atoms with van der Waals surface area (Å²) in [5.74, 6) is -0.375. The molecule has 0 aliphatic heterocycles. The van der Waals surface area contributed by atoms with Gasteiger partial charge in [-0.2, -0.15) is 0 Å². The number of aliphatic hydroxyl groups excluding tert-OH is 1. The molecule has 1 N–H and O–H groups in total. The van der Waals surface area contributed by atoms with Crippen molar-refractivity contribution in [2.45, 2.75) is 96.6 Å². The second-order valence-corrected chi connectivity index (χ2v) is 5.89. The Morgan fingerprint density at radius 2 is 1.79 bits per heavy atom. The van der Waals surface area contributed by atoms with Crippen LogP contribution in [0.4, 0.5) is 0 Å². The molecule has 3 nitrogen and oxygen atoms in total. The molecule has 19 heavy (non-hydrogen) atoms. The van der Waals surface area contributed by atoms with Gasteiger partial charge in [-0.25, -0.2) is 0 Å². The normalized spacial score (nSPS) is 22.1. The smallest absolute Gasteiger partial charge is 0.168 e. The van der Waals surface area contributed by atoms with E-state index in [4.69, 9.17) is 9.47 Å². The van der Waals surface area contributed by atoms with Crippen LogP contribution in [0.1, 0.15) is 78.6 Å². The Bertz CT molecular complexity index is 224. The van der Waals surface area contributed by atoms with Gasteiger partial charge in [-0.05, 0) is 39.0 Å². The summed E-state index contributed by atoms with van der Waals surface area (Å²) in [6.07, 6.45) is 9.43. The van der Waals surface area contributed by atoms with Crippen LogP contribution in [0.5, 0.6) is 0 Å². The third kappa shape index (κ3) is 6.24.